The molecule has 0 aromatic carbocycles. The average molecular weight is 238 g/mol. The maximum absolute atomic E-state index is 13.1. The summed E-state index contributed by atoms with van der Waals surface area (Å²) in [6.45, 7) is 0. The second-order valence-electron chi connectivity index (χ2n) is 2.57. The summed E-state index contributed by atoms with van der Waals surface area (Å²) in [5, 5.41) is 8.26. The minimum atomic E-state index is -4.05. The number of ether oxygens (including phenoxy) is 1. The second-order valence-corrected chi connectivity index (χ2v) is 2.96. The smallest absolute Gasteiger partial charge is 0.379 e. The molecule has 0 saturated carbocycles. The van der Waals surface area contributed by atoms with Gasteiger partial charge in [0.25, 0.3) is 0 Å². The van der Waals surface area contributed by atoms with E-state index in [-0.39, 0.29) is 5.15 Å². The maximum atomic E-state index is 13.1. The number of aromatic nitrogens is 1. The van der Waals surface area contributed by atoms with Crippen molar-refractivity contribution < 1.29 is 23.4 Å². The lowest BCUT2D eigenvalue weighted by atomic mass is 10.1. The first-order chi connectivity index (χ1) is 6.89. The summed E-state index contributed by atoms with van der Waals surface area (Å²) in [6, 6.07) is 1.93. The van der Waals surface area contributed by atoms with E-state index in [1.807, 2.05) is 0 Å². The van der Waals surface area contributed by atoms with E-state index in [1.54, 1.807) is 0 Å². The number of halogens is 3. The third-order valence-electron chi connectivity index (χ3n) is 1.63. The molecule has 0 spiro atoms. The van der Waals surface area contributed by atoms with Gasteiger partial charge in [-0.2, -0.15) is 8.78 Å². The third-order valence-corrected chi connectivity index (χ3v) is 1.84. The molecule has 1 heterocycles. The molecule has 0 unspecified atom stereocenters. The number of aliphatic carboxylic acids is 1. The van der Waals surface area contributed by atoms with E-state index in [1.165, 1.54) is 0 Å². The number of alkyl halides is 2. The highest BCUT2D eigenvalue weighted by Gasteiger charge is 2.44. The standard InChI is InChI=1S/C8H6ClF2NO3/c1-15-6-4(2-3-5(9)12-6)8(10,11)7(13)14/h2-3H,1H3,(H,13,14). The number of methoxy groups -OCH3 is 1. The first-order valence-corrected chi connectivity index (χ1v) is 4.09. The van der Waals surface area contributed by atoms with Crippen LogP contribution < -0.4 is 4.74 Å². The molecule has 0 bridgehead atoms. The van der Waals surface area contributed by atoms with E-state index in [0.717, 1.165) is 19.2 Å². The molecule has 1 rings (SSSR count). The Kier molecular flexibility index (Phi) is 3.09. The topological polar surface area (TPSA) is 59.4 Å². The van der Waals surface area contributed by atoms with Crippen molar-refractivity contribution in [3.63, 3.8) is 0 Å². The van der Waals surface area contributed by atoms with Crippen LogP contribution in [0.1, 0.15) is 5.56 Å². The van der Waals surface area contributed by atoms with Crippen molar-refractivity contribution in [2.75, 3.05) is 7.11 Å². The molecule has 0 atom stereocenters. The van der Waals surface area contributed by atoms with E-state index >= 15 is 0 Å². The fourth-order valence-electron chi connectivity index (χ4n) is 0.928. The Hall–Kier alpha value is -1.43. The number of carbonyl (C=O) groups is 1. The summed E-state index contributed by atoms with van der Waals surface area (Å²) in [6.07, 6.45) is 0. The van der Waals surface area contributed by atoms with Crippen molar-refractivity contribution in [2.24, 2.45) is 0 Å². The van der Waals surface area contributed by atoms with Crippen molar-refractivity contribution in [1.29, 1.82) is 0 Å². The van der Waals surface area contributed by atoms with Gasteiger partial charge in [-0.05, 0) is 12.1 Å². The van der Waals surface area contributed by atoms with Gasteiger partial charge < -0.3 is 9.84 Å². The molecule has 15 heavy (non-hydrogen) atoms. The molecular weight excluding hydrogens is 232 g/mol. The van der Waals surface area contributed by atoms with Gasteiger partial charge in [-0.15, -0.1) is 0 Å². The van der Waals surface area contributed by atoms with E-state index < -0.39 is 23.3 Å². The van der Waals surface area contributed by atoms with Crippen LogP contribution in [0.3, 0.4) is 0 Å². The lowest BCUT2D eigenvalue weighted by molar-refractivity contribution is -0.166. The fourth-order valence-corrected chi connectivity index (χ4v) is 1.07. The summed E-state index contributed by atoms with van der Waals surface area (Å²) < 4.78 is 30.7. The van der Waals surface area contributed by atoms with Gasteiger partial charge in [0.1, 0.15) is 5.15 Å². The van der Waals surface area contributed by atoms with E-state index in [2.05, 4.69) is 9.72 Å². The Bertz CT molecular complexity index is 397. The molecule has 1 aromatic heterocycles. The van der Waals surface area contributed by atoms with Crippen molar-refractivity contribution in [3.05, 3.63) is 22.8 Å². The van der Waals surface area contributed by atoms with Gasteiger partial charge in [0, 0.05) is 0 Å². The largest absolute Gasteiger partial charge is 0.481 e. The van der Waals surface area contributed by atoms with Gasteiger partial charge in [0.2, 0.25) is 5.88 Å². The Morgan fingerprint density at radius 1 is 1.60 bits per heavy atom. The summed E-state index contributed by atoms with van der Waals surface area (Å²) in [7, 11) is 1.10. The van der Waals surface area contributed by atoms with Crippen LogP contribution in [-0.4, -0.2) is 23.2 Å². The van der Waals surface area contributed by atoms with Crippen LogP contribution in [0.2, 0.25) is 5.15 Å². The molecule has 0 aliphatic heterocycles. The van der Waals surface area contributed by atoms with Gasteiger partial charge in [-0.25, -0.2) is 9.78 Å². The number of rotatable bonds is 3. The second kappa shape index (κ2) is 3.98. The molecule has 0 amide bonds. The van der Waals surface area contributed by atoms with Crippen LogP contribution in [0.15, 0.2) is 12.1 Å². The summed E-state index contributed by atoms with van der Waals surface area (Å²) in [5.74, 6) is -6.83. The lowest BCUT2D eigenvalue weighted by Gasteiger charge is -2.13. The SMILES string of the molecule is COc1nc(Cl)ccc1C(F)(F)C(=O)O. The zero-order valence-electron chi connectivity index (χ0n) is 7.50. The first-order valence-electron chi connectivity index (χ1n) is 3.71. The lowest BCUT2D eigenvalue weighted by Crippen LogP contribution is -2.26. The normalized spacial score (nSPS) is 11.2. The van der Waals surface area contributed by atoms with Crippen LogP contribution in [0.4, 0.5) is 8.78 Å². The quantitative estimate of drug-likeness (QED) is 0.816. The molecule has 1 aromatic rings. The van der Waals surface area contributed by atoms with Gasteiger partial charge in [-0.3, -0.25) is 0 Å². The molecule has 82 valence electrons. The van der Waals surface area contributed by atoms with Gasteiger partial charge in [-0.1, -0.05) is 11.6 Å². The maximum Gasteiger partial charge on any atom is 0.379 e. The molecule has 0 radical (unpaired) electrons. The summed E-state index contributed by atoms with van der Waals surface area (Å²) >= 11 is 5.44. The van der Waals surface area contributed by atoms with Crippen molar-refractivity contribution in [3.8, 4) is 5.88 Å². The predicted molar refractivity (Wildman–Crippen MR) is 47.3 cm³/mol. The number of pyridine rings is 1. The fraction of sp³-hybridized carbons (Fsp3) is 0.250. The predicted octanol–water partition coefficient (Wildman–Crippen LogP) is 1.92. The number of carboxylic acids is 1. The van der Waals surface area contributed by atoms with Crippen LogP contribution in [-0.2, 0) is 10.7 Å². The van der Waals surface area contributed by atoms with Crippen LogP contribution in [0.25, 0.3) is 0 Å². The van der Waals surface area contributed by atoms with E-state index in [0.29, 0.717) is 0 Å². The number of hydrogen-bond acceptors (Lipinski definition) is 3. The minimum absolute atomic E-state index is 0.0585. The Morgan fingerprint density at radius 2 is 2.20 bits per heavy atom. The highest BCUT2D eigenvalue weighted by molar-refractivity contribution is 6.29. The van der Waals surface area contributed by atoms with Crippen LogP contribution in [0.5, 0.6) is 5.88 Å². The minimum Gasteiger partial charge on any atom is -0.481 e. The zero-order chi connectivity index (χ0) is 11.6. The summed E-state index contributed by atoms with van der Waals surface area (Å²) in [4.78, 5) is 13.7. The molecule has 0 saturated heterocycles. The van der Waals surface area contributed by atoms with Crippen LogP contribution >= 0.6 is 11.6 Å². The molecule has 1 N–H and O–H groups in total. The Labute approximate surface area is 88.4 Å². The van der Waals surface area contributed by atoms with E-state index in [9.17, 15) is 13.6 Å². The van der Waals surface area contributed by atoms with Crippen molar-refractivity contribution in [2.45, 2.75) is 5.92 Å². The highest BCUT2D eigenvalue weighted by Crippen LogP contribution is 2.34. The van der Waals surface area contributed by atoms with E-state index in [4.69, 9.17) is 16.7 Å². The number of carboxylic acid groups (broad SMARTS) is 1. The molecule has 0 fully saturated rings. The molecule has 0 aliphatic rings. The zero-order valence-corrected chi connectivity index (χ0v) is 8.26. The first kappa shape index (κ1) is 11.6. The van der Waals surface area contributed by atoms with Gasteiger partial charge >= 0.3 is 11.9 Å². The summed E-state index contributed by atoms with van der Waals surface area (Å²) in [5.41, 5.74) is -0.832. The van der Waals surface area contributed by atoms with Gasteiger partial charge in [0.15, 0.2) is 0 Å². The molecule has 7 heteroatoms. The highest BCUT2D eigenvalue weighted by atomic mass is 35.5. The Morgan fingerprint density at radius 3 is 2.67 bits per heavy atom. The molecular formula is C8H6ClF2NO3. The number of nitrogens with zero attached hydrogens (tertiary/aromatic N) is 1. The van der Waals surface area contributed by atoms with Crippen LogP contribution in [0, 0.1) is 0 Å². The average Bonchev–Trinajstić information content (AvgIpc) is 2.16. The molecule has 4 nitrogen and oxygen atoms in total. The van der Waals surface area contributed by atoms with Gasteiger partial charge in [0.05, 0.1) is 12.7 Å². The third kappa shape index (κ3) is 2.15. The molecule has 0 aliphatic carbocycles. The van der Waals surface area contributed by atoms with Crippen molar-refractivity contribution in [1.82, 2.24) is 4.98 Å². The number of hydrogen-bond donors (Lipinski definition) is 1. The monoisotopic (exact) mass is 237 g/mol. The van der Waals surface area contributed by atoms with Crippen molar-refractivity contribution >= 4 is 17.6 Å². The Balaban J connectivity index is 3.31.